The lowest BCUT2D eigenvalue weighted by molar-refractivity contribution is -0.0885. The Morgan fingerprint density at radius 3 is 2.37 bits per heavy atom. The number of halogens is 3. The highest BCUT2D eigenvalue weighted by Gasteiger charge is 2.54. The molecule has 0 radical (unpaired) electrons. The maximum atomic E-state index is 16.0. The Labute approximate surface area is 229 Å². The molecule has 3 heterocycles. The lowest BCUT2D eigenvalue weighted by Crippen LogP contribution is -2.46. The van der Waals surface area contributed by atoms with Gasteiger partial charge in [-0.2, -0.15) is 0 Å². The third kappa shape index (κ3) is 4.62. The molecule has 1 amide bonds. The van der Waals surface area contributed by atoms with Gasteiger partial charge < -0.3 is 4.74 Å². The van der Waals surface area contributed by atoms with E-state index in [0.717, 1.165) is 6.07 Å². The van der Waals surface area contributed by atoms with Crippen molar-refractivity contribution in [1.82, 2.24) is 9.88 Å². The first-order chi connectivity index (χ1) is 18.1. The van der Waals surface area contributed by atoms with Crippen LogP contribution in [0.4, 0.5) is 4.39 Å². The predicted octanol–water partition coefficient (Wildman–Crippen LogP) is 5.04. The minimum Gasteiger partial charge on any atom is -0.350 e. The number of hydrogen-bond acceptors (Lipinski definition) is 6. The Morgan fingerprint density at radius 2 is 1.76 bits per heavy atom. The lowest BCUT2D eigenvalue weighted by Gasteiger charge is -2.38. The fraction of sp³-hybridized carbons (Fsp3) is 0.296. The number of carbonyl (C=O) groups is 2. The Bertz CT molecular complexity index is 1520. The number of pyridine rings is 1. The number of rotatable bonds is 6. The van der Waals surface area contributed by atoms with Crippen molar-refractivity contribution in [3.8, 4) is 0 Å². The first-order valence-electron chi connectivity index (χ1n) is 11.9. The Morgan fingerprint density at radius 1 is 1.11 bits per heavy atom. The minimum atomic E-state index is -3.18. The van der Waals surface area contributed by atoms with E-state index in [1.54, 1.807) is 36.4 Å². The fourth-order valence-corrected chi connectivity index (χ4v) is 6.95. The summed E-state index contributed by atoms with van der Waals surface area (Å²) in [5.41, 5.74) is -0.729. The van der Waals surface area contributed by atoms with E-state index in [1.807, 2.05) is 0 Å². The molecule has 2 aliphatic rings. The maximum absolute atomic E-state index is 16.0. The summed E-state index contributed by atoms with van der Waals surface area (Å²) in [6.07, 6.45) is 1.77. The molecular weight excluding hydrogens is 554 g/mol. The zero-order valence-corrected chi connectivity index (χ0v) is 22.6. The van der Waals surface area contributed by atoms with E-state index in [2.05, 4.69) is 4.98 Å². The predicted molar refractivity (Wildman–Crippen MR) is 140 cm³/mol. The molecule has 2 aliphatic heterocycles. The van der Waals surface area contributed by atoms with E-state index < -0.39 is 33.2 Å². The number of ketones is 1. The van der Waals surface area contributed by atoms with Gasteiger partial charge in [0.2, 0.25) is 0 Å². The number of hydrogen-bond donors (Lipinski definition) is 0. The third-order valence-corrected chi connectivity index (χ3v) is 9.33. The first kappa shape index (κ1) is 26.7. The van der Waals surface area contributed by atoms with E-state index in [4.69, 9.17) is 27.9 Å². The van der Waals surface area contributed by atoms with Crippen LogP contribution in [0.5, 0.6) is 0 Å². The van der Waals surface area contributed by atoms with Crippen molar-refractivity contribution < 1.29 is 27.1 Å². The van der Waals surface area contributed by atoms with Crippen molar-refractivity contribution in [3.63, 3.8) is 0 Å². The number of methoxy groups -OCH3 is 1. The summed E-state index contributed by atoms with van der Waals surface area (Å²) in [6.45, 7) is -0.0373. The Balaban J connectivity index is 1.62. The van der Waals surface area contributed by atoms with Crippen molar-refractivity contribution >= 4 is 44.7 Å². The average Bonchev–Trinajstić information content (AvgIpc) is 3.14. The SMILES string of the molecule is CO[C@@]1(c2ccc(Cl)cc2)c2c(F)cc(C(=O)C3CCS(=O)(=O)CC3)cc2C(=O)N1Cc1ccc(Cl)cn1. The van der Waals surface area contributed by atoms with Crippen LogP contribution in [0.3, 0.4) is 0 Å². The molecule has 11 heteroatoms. The number of aromatic nitrogens is 1. The van der Waals surface area contributed by atoms with Crippen molar-refractivity contribution in [2.45, 2.75) is 25.1 Å². The monoisotopic (exact) mass is 576 g/mol. The molecule has 7 nitrogen and oxygen atoms in total. The molecule has 0 bridgehead atoms. The molecule has 0 unspecified atom stereocenters. The summed E-state index contributed by atoms with van der Waals surface area (Å²) in [7, 11) is -1.80. The number of ether oxygens (including phenoxy) is 1. The molecule has 5 rings (SSSR count). The van der Waals surface area contributed by atoms with E-state index in [-0.39, 0.29) is 53.4 Å². The second-order valence-electron chi connectivity index (χ2n) is 9.39. The molecular formula is C27H23Cl2FN2O5S. The fourth-order valence-electron chi connectivity index (χ4n) is 5.22. The molecule has 0 saturated carbocycles. The number of sulfone groups is 1. The van der Waals surface area contributed by atoms with Gasteiger partial charge in [0.25, 0.3) is 5.91 Å². The summed E-state index contributed by atoms with van der Waals surface area (Å²) in [5, 5.41) is 0.872. The van der Waals surface area contributed by atoms with Crippen LogP contribution in [0.2, 0.25) is 10.0 Å². The molecule has 1 atom stereocenters. The molecule has 1 fully saturated rings. The normalized spacial score (nSPS) is 20.9. The summed E-state index contributed by atoms with van der Waals surface area (Å²) in [5.74, 6) is -2.48. The van der Waals surface area contributed by atoms with Gasteiger partial charge in [-0.1, -0.05) is 35.3 Å². The first-order valence-corrected chi connectivity index (χ1v) is 14.5. The second-order valence-corrected chi connectivity index (χ2v) is 12.6. The molecule has 0 N–H and O–H groups in total. The maximum Gasteiger partial charge on any atom is 0.257 e. The molecule has 1 saturated heterocycles. The largest absolute Gasteiger partial charge is 0.350 e. The van der Waals surface area contributed by atoms with Gasteiger partial charge in [0.15, 0.2) is 11.5 Å². The summed E-state index contributed by atoms with van der Waals surface area (Å²) < 4.78 is 45.6. The zero-order chi connectivity index (χ0) is 27.2. The van der Waals surface area contributed by atoms with Crippen LogP contribution in [0.25, 0.3) is 0 Å². The standard InChI is InChI=1S/C27H23Cl2FN2O5S/c1-37-27(18-2-4-19(28)5-3-18)24-22(26(34)32(27)15-21-7-6-20(29)14-31-21)12-17(13-23(24)30)25(33)16-8-10-38(35,36)11-9-16/h2-7,12-14,16H,8-11,15H2,1H3/t27-/m0/s1. The quantitative estimate of drug-likeness (QED) is 0.382. The van der Waals surface area contributed by atoms with Gasteiger partial charge in [0.1, 0.15) is 15.7 Å². The van der Waals surface area contributed by atoms with Crippen LogP contribution in [0, 0.1) is 11.7 Å². The smallest absolute Gasteiger partial charge is 0.257 e. The zero-order valence-electron chi connectivity index (χ0n) is 20.3. The molecule has 3 aromatic rings. The average molecular weight is 577 g/mol. The molecule has 0 aliphatic carbocycles. The van der Waals surface area contributed by atoms with E-state index in [1.165, 1.54) is 24.3 Å². The van der Waals surface area contributed by atoms with Gasteiger partial charge in [0, 0.05) is 35.4 Å². The molecule has 0 spiro atoms. The van der Waals surface area contributed by atoms with Crippen molar-refractivity contribution in [1.29, 1.82) is 0 Å². The van der Waals surface area contributed by atoms with Gasteiger partial charge in [-0.3, -0.25) is 19.5 Å². The van der Waals surface area contributed by atoms with E-state index >= 15 is 4.39 Å². The number of benzene rings is 2. The van der Waals surface area contributed by atoms with Gasteiger partial charge in [-0.15, -0.1) is 0 Å². The van der Waals surface area contributed by atoms with E-state index in [9.17, 15) is 18.0 Å². The van der Waals surface area contributed by atoms with E-state index in [0.29, 0.717) is 21.3 Å². The molecule has 198 valence electrons. The number of nitrogens with zero attached hydrogens (tertiary/aromatic N) is 2. The molecule has 1 aromatic heterocycles. The van der Waals surface area contributed by atoms with Gasteiger partial charge in [0.05, 0.1) is 39.9 Å². The van der Waals surface area contributed by atoms with Gasteiger partial charge in [-0.25, -0.2) is 12.8 Å². The lowest BCUT2D eigenvalue weighted by atomic mass is 9.88. The topological polar surface area (TPSA) is 93.6 Å². The van der Waals surface area contributed by atoms with Gasteiger partial charge >= 0.3 is 0 Å². The van der Waals surface area contributed by atoms with Crippen molar-refractivity contribution in [2.24, 2.45) is 5.92 Å². The van der Waals surface area contributed by atoms with Crippen LogP contribution in [0.15, 0.2) is 54.7 Å². The second kappa shape index (κ2) is 10.0. The highest BCUT2D eigenvalue weighted by molar-refractivity contribution is 7.91. The summed E-state index contributed by atoms with van der Waals surface area (Å²) >= 11 is 12.1. The van der Waals surface area contributed by atoms with Crippen LogP contribution in [-0.2, 0) is 26.8 Å². The number of Topliss-reactive ketones (excluding diaryl/α,β-unsaturated/α-hetero) is 1. The molecule has 38 heavy (non-hydrogen) atoms. The van der Waals surface area contributed by atoms with Gasteiger partial charge in [-0.05, 0) is 49.2 Å². The third-order valence-electron chi connectivity index (χ3n) is 7.13. The molecule has 2 aromatic carbocycles. The Kier molecular flexibility index (Phi) is 7.06. The number of fused-ring (bicyclic) bond motifs is 1. The summed E-state index contributed by atoms with van der Waals surface area (Å²) in [4.78, 5) is 32.8. The minimum absolute atomic E-state index is 0.0115. The van der Waals surface area contributed by atoms with Crippen LogP contribution >= 0.6 is 23.2 Å². The highest BCUT2D eigenvalue weighted by Crippen LogP contribution is 2.47. The van der Waals surface area contributed by atoms with Crippen LogP contribution in [-0.4, -0.2) is 48.6 Å². The number of carbonyl (C=O) groups excluding carboxylic acids is 2. The van der Waals surface area contributed by atoms with Crippen LogP contribution < -0.4 is 0 Å². The highest BCUT2D eigenvalue weighted by atomic mass is 35.5. The summed E-state index contributed by atoms with van der Waals surface area (Å²) in [6, 6.07) is 12.3. The van der Waals surface area contributed by atoms with Crippen LogP contribution in [0.1, 0.15) is 50.4 Å². The van der Waals surface area contributed by atoms with Crippen molar-refractivity contribution in [2.75, 3.05) is 18.6 Å². The number of amides is 1. The Hall–Kier alpha value is -2.85. The van der Waals surface area contributed by atoms with Crippen molar-refractivity contribution in [3.05, 3.63) is 98.5 Å².